The summed E-state index contributed by atoms with van der Waals surface area (Å²) in [6.07, 6.45) is 1.10. The molecule has 0 bridgehead atoms. The number of esters is 1. The van der Waals surface area contributed by atoms with Crippen molar-refractivity contribution in [2.75, 3.05) is 30.4 Å². The lowest BCUT2D eigenvalue weighted by atomic mass is 9.85. The van der Waals surface area contributed by atoms with Crippen molar-refractivity contribution in [1.29, 1.82) is 0 Å². The van der Waals surface area contributed by atoms with Gasteiger partial charge in [-0.15, -0.1) is 0 Å². The summed E-state index contributed by atoms with van der Waals surface area (Å²) in [5.41, 5.74) is 3.35. The Morgan fingerprint density at radius 3 is 2.44 bits per heavy atom. The maximum Gasteiger partial charge on any atom is 0.306 e. The second-order valence-corrected chi connectivity index (χ2v) is 9.12. The number of nitrogens with zero attached hydrogens (tertiary/aromatic N) is 1. The van der Waals surface area contributed by atoms with Gasteiger partial charge in [-0.05, 0) is 72.0 Å². The van der Waals surface area contributed by atoms with E-state index in [0.717, 1.165) is 29.0 Å². The average Bonchev–Trinajstić information content (AvgIpc) is 2.82. The van der Waals surface area contributed by atoms with Crippen molar-refractivity contribution in [1.82, 2.24) is 0 Å². The first-order valence-corrected chi connectivity index (χ1v) is 11.7. The summed E-state index contributed by atoms with van der Waals surface area (Å²) >= 11 is 6.04. The van der Waals surface area contributed by atoms with Crippen molar-refractivity contribution in [2.24, 2.45) is 0 Å². The van der Waals surface area contributed by atoms with Crippen molar-refractivity contribution in [3.8, 4) is 0 Å². The van der Waals surface area contributed by atoms with E-state index in [0.29, 0.717) is 30.1 Å². The van der Waals surface area contributed by atoms with Crippen LogP contribution in [0.25, 0.3) is 0 Å². The lowest BCUT2D eigenvalue weighted by molar-refractivity contribution is -0.141. The van der Waals surface area contributed by atoms with Crippen LogP contribution in [-0.2, 0) is 15.1 Å². The SMILES string of the molecule is CCC(CC(=O)OC)c1ccc(N2CC(O)(c3ccc(F)cc3)C2)c(Nc2ccc(Cl)cc2)c1. The van der Waals surface area contributed by atoms with Crippen LogP contribution in [0.15, 0.2) is 66.7 Å². The Morgan fingerprint density at radius 1 is 1.15 bits per heavy atom. The largest absolute Gasteiger partial charge is 0.469 e. The number of hydrogen-bond donors (Lipinski definition) is 2. The molecule has 1 saturated heterocycles. The Morgan fingerprint density at radius 2 is 1.82 bits per heavy atom. The van der Waals surface area contributed by atoms with Gasteiger partial charge < -0.3 is 20.1 Å². The highest BCUT2D eigenvalue weighted by Crippen LogP contribution is 2.41. The number of anilines is 3. The van der Waals surface area contributed by atoms with E-state index in [1.807, 2.05) is 43.3 Å². The molecule has 1 heterocycles. The minimum atomic E-state index is -1.04. The number of methoxy groups -OCH3 is 1. The number of carbonyl (C=O) groups excluding carboxylic acids is 1. The van der Waals surface area contributed by atoms with Crippen LogP contribution >= 0.6 is 11.6 Å². The highest BCUT2D eigenvalue weighted by Gasteiger charge is 2.43. The van der Waals surface area contributed by atoms with Crippen molar-refractivity contribution < 1.29 is 19.0 Å². The molecule has 7 heteroatoms. The highest BCUT2D eigenvalue weighted by atomic mass is 35.5. The topological polar surface area (TPSA) is 61.8 Å². The number of carbonyl (C=O) groups is 1. The summed E-state index contributed by atoms with van der Waals surface area (Å²) in [7, 11) is 1.40. The molecule has 5 nitrogen and oxygen atoms in total. The standard InChI is InChI=1S/C27H28ClFN2O3/c1-3-18(15-26(32)34-2)19-4-13-25(24(14-19)30-23-11-7-21(28)8-12-23)31-16-27(33,17-31)20-5-9-22(29)10-6-20/h4-14,18,30,33H,3,15-17H2,1-2H3. The van der Waals surface area contributed by atoms with E-state index in [4.69, 9.17) is 16.3 Å². The van der Waals surface area contributed by atoms with Gasteiger partial charge >= 0.3 is 5.97 Å². The molecule has 0 aliphatic carbocycles. The molecule has 0 spiro atoms. The first kappa shape index (κ1) is 24.0. The van der Waals surface area contributed by atoms with Gasteiger partial charge in [-0.2, -0.15) is 0 Å². The first-order valence-electron chi connectivity index (χ1n) is 11.3. The lowest BCUT2D eigenvalue weighted by Gasteiger charge is -2.48. The smallest absolute Gasteiger partial charge is 0.306 e. The fraction of sp³-hybridized carbons (Fsp3) is 0.296. The fourth-order valence-electron chi connectivity index (χ4n) is 4.35. The lowest BCUT2D eigenvalue weighted by Crippen LogP contribution is -2.59. The predicted octanol–water partition coefficient (Wildman–Crippen LogP) is 5.99. The minimum Gasteiger partial charge on any atom is -0.469 e. The van der Waals surface area contributed by atoms with E-state index >= 15 is 0 Å². The number of benzene rings is 3. The molecule has 0 saturated carbocycles. The third kappa shape index (κ3) is 5.18. The molecule has 1 unspecified atom stereocenters. The maximum atomic E-state index is 13.3. The molecule has 1 aliphatic rings. The van der Waals surface area contributed by atoms with E-state index in [2.05, 4.69) is 16.3 Å². The maximum absolute atomic E-state index is 13.3. The molecule has 1 fully saturated rings. The third-order valence-corrected chi connectivity index (χ3v) is 6.63. The van der Waals surface area contributed by atoms with E-state index < -0.39 is 5.60 Å². The van der Waals surface area contributed by atoms with Crippen molar-refractivity contribution in [3.63, 3.8) is 0 Å². The number of halogens is 2. The van der Waals surface area contributed by atoms with Crippen LogP contribution in [0.5, 0.6) is 0 Å². The van der Waals surface area contributed by atoms with Gasteiger partial charge in [0.2, 0.25) is 0 Å². The van der Waals surface area contributed by atoms with Crippen molar-refractivity contribution in [3.05, 3.63) is 88.7 Å². The molecule has 178 valence electrons. The Labute approximate surface area is 204 Å². The summed E-state index contributed by atoms with van der Waals surface area (Å²) in [6.45, 7) is 2.81. The molecule has 0 amide bonds. The molecule has 34 heavy (non-hydrogen) atoms. The Kier molecular flexibility index (Phi) is 7.10. The van der Waals surface area contributed by atoms with Gasteiger partial charge in [-0.1, -0.05) is 36.7 Å². The fourth-order valence-corrected chi connectivity index (χ4v) is 4.48. The molecule has 1 atom stereocenters. The molecule has 4 rings (SSSR count). The molecular formula is C27H28ClFN2O3. The zero-order valence-electron chi connectivity index (χ0n) is 19.2. The van der Waals surface area contributed by atoms with Crippen LogP contribution in [0.2, 0.25) is 5.02 Å². The van der Waals surface area contributed by atoms with E-state index in [1.54, 1.807) is 12.1 Å². The molecule has 3 aromatic carbocycles. The highest BCUT2D eigenvalue weighted by molar-refractivity contribution is 6.30. The number of aliphatic hydroxyl groups is 1. The second kappa shape index (κ2) is 10.0. The molecular weight excluding hydrogens is 455 g/mol. The summed E-state index contributed by atoms with van der Waals surface area (Å²) in [5.74, 6) is -0.541. The second-order valence-electron chi connectivity index (χ2n) is 8.69. The third-order valence-electron chi connectivity index (χ3n) is 6.38. The van der Waals surface area contributed by atoms with Gasteiger partial charge in [0.15, 0.2) is 0 Å². The molecule has 2 N–H and O–H groups in total. The predicted molar refractivity (Wildman–Crippen MR) is 133 cm³/mol. The summed E-state index contributed by atoms with van der Waals surface area (Å²) in [5, 5.41) is 15.2. The number of hydrogen-bond acceptors (Lipinski definition) is 5. The summed E-state index contributed by atoms with van der Waals surface area (Å²) < 4.78 is 18.2. The summed E-state index contributed by atoms with van der Waals surface area (Å²) in [6, 6.07) is 19.5. The zero-order valence-corrected chi connectivity index (χ0v) is 20.0. The Bertz CT molecular complexity index is 1150. The van der Waals surface area contributed by atoms with Gasteiger partial charge in [0.25, 0.3) is 0 Å². The van der Waals surface area contributed by atoms with Gasteiger partial charge in [-0.25, -0.2) is 4.39 Å². The van der Waals surface area contributed by atoms with Crippen LogP contribution in [-0.4, -0.2) is 31.3 Å². The number of β-amino-alcohol motifs (C(OH)–C–C–N with tert-alkyl or cyclic N) is 1. The van der Waals surface area contributed by atoms with E-state index in [1.165, 1.54) is 19.2 Å². The van der Waals surface area contributed by atoms with Crippen LogP contribution in [0.1, 0.15) is 36.8 Å². The van der Waals surface area contributed by atoms with Gasteiger partial charge in [-0.3, -0.25) is 4.79 Å². The molecule has 0 radical (unpaired) electrons. The van der Waals surface area contributed by atoms with E-state index in [-0.39, 0.29) is 17.7 Å². The normalized spacial score (nSPS) is 15.4. The number of nitrogens with one attached hydrogen (secondary N) is 1. The van der Waals surface area contributed by atoms with Crippen LogP contribution in [0.3, 0.4) is 0 Å². The zero-order chi connectivity index (χ0) is 24.3. The van der Waals surface area contributed by atoms with Gasteiger partial charge in [0.05, 0.1) is 38.0 Å². The Hall–Kier alpha value is -3.09. The molecule has 3 aromatic rings. The number of ether oxygens (including phenoxy) is 1. The molecule has 0 aromatic heterocycles. The molecule has 1 aliphatic heterocycles. The monoisotopic (exact) mass is 482 g/mol. The van der Waals surface area contributed by atoms with Crippen LogP contribution in [0.4, 0.5) is 21.5 Å². The number of rotatable bonds is 8. The summed E-state index contributed by atoms with van der Waals surface area (Å²) in [4.78, 5) is 14.0. The average molecular weight is 483 g/mol. The van der Waals surface area contributed by atoms with Crippen molar-refractivity contribution >= 4 is 34.6 Å². The van der Waals surface area contributed by atoms with Crippen LogP contribution in [0, 0.1) is 5.82 Å². The first-order chi connectivity index (χ1) is 16.3. The Balaban J connectivity index is 1.62. The quantitative estimate of drug-likeness (QED) is 0.386. The van der Waals surface area contributed by atoms with Gasteiger partial charge in [0.1, 0.15) is 11.4 Å². The van der Waals surface area contributed by atoms with Crippen LogP contribution < -0.4 is 10.2 Å². The van der Waals surface area contributed by atoms with E-state index in [9.17, 15) is 14.3 Å². The minimum absolute atomic E-state index is 0.0276. The van der Waals surface area contributed by atoms with Crippen molar-refractivity contribution in [2.45, 2.75) is 31.3 Å². The van der Waals surface area contributed by atoms with Gasteiger partial charge in [0, 0.05) is 10.7 Å².